The number of nitrogens with zero attached hydrogens (tertiary/aromatic N) is 2. The lowest BCUT2D eigenvalue weighted by Crippen LogP contribution is -2.50. The molecule has 0 spiro atoms. The number of aromatic nitrogens is 1. The van der Waals surface area contributed by atoms with E-state index in [4.69, 9.17) is 9.26 Å². The Balaban J connectivity index is 1.67. The fourth-order valence-corrected chi connectivity index (χ4v) is 5.78. The van der Waals surface area contributed by atoms with E-state index in [2.05, 4.69) is 15.6 Å². The molecule has 0 saturated carbocycles. The van der Waals surface area contributed by atoms with Gasteiger partial charge in [0.1, 0.15) is 11.7 Å². The van der Waals surface area contributed by atoms with Gasteiger partial charge in [0.15, 0.2) is 0 Å². The molecular weight excluding hydrogens is 628 g/mol. The van der Waals surface area contributed by atoms with Crippen molar-refractivity contribution >= 4 is 25.6 Å². The molecular formula is C31H34F3N4O7P. The Morgan fingerprint density at radius 3 is 2.39 bits per heavy atom. The second kappa shape index (κ2) is 15.5. The van der Waals surface area contributed by atoms with E-state index in [0.717, 1.165) is 12.1 Å². The van der Waals surface area contributed by atoms with Gasteiger partial charge in [-0.3, -0.25) is 9.36 Å². The van der Waals surface area contributed by atoms with Gasteiger partial charge in [-0.15, -0.1) is 0 Å². The van der Waals surface area contributed by atoms with Gasteiger partial charge in [-0.25, -0.2) is 14.6 Å². The first kappa shape index (κ1) is 34.8. The molecule has 0 bridgehead atoms. The number of halogens is 3. The predicted octanol–water partition coefficient (Wildman–Crippen LogP) is 5.10. The summed E-state index contributed by atoms with van der Waals surface area (Å²) in [5.74, 6) is -2.29. The van der Waals surface area contributed by atoms with E-state index in [0.29, 0.717) is 37.1 Å². The predicted molar refractivity (Wildman–Crippen MR) is 163 cm³/mol. The van der Waals surface area contributed by atoms with Crippen LogP contribution in [-0.2, 0) is 24.8 Å². The molecule has 1 fully saturated rings. The van der Waals surface area contributed by atoms with Crippen LogP contribution in [0.25, 0.3) is 22.4 Å². The molecule has 1 aliphatic heterocycles. The van der Waals surface area contributed by atoms with E-state index in [1.165, 1.54) is 29.2 Å². The summed E-state index contributed by atoms with van der Waals surface area (Å²) in [4.78, 5) is 55.4. The van der Waals surface area contributed by atoms with Crippen LogP contribution in [0.2, 0.25) is 0 Å². The second-order valence-electron chi connectivity index (χ2n) is 10.5. The number of carbonyl (C=O) groups excluding carboxylic acids is 3. The van der Waals surface area contributed by atoms with Gasteiger partial charge in [-0.2, -0.15) is 13.2 Å². The first-order valence-corrected chi connectivity index (χ1v) is 16.4. The lowest BCUT2D eigenvalue weighted by molar-refractivity contribution is -0.140. The Kier molecular flexibility index (Phi) is 11.7. The summed E-state index contributed by atoms with van der Waals surface area (Å²) in [6, 6.07) is 14.2. The van der Waals surface area contributed by atoms with Gasteiger partial charge in [0, 0.05) is 31.7 Å². The van der Waals surface area contributed by atoms with Gasteiger partial charge >= 0.3 is 25.8 Å². The van der Waals surface area contributed by atoms with Crippen LogP contribution in [0.4, 0.5) is 18.0 Å². The topological polar surface area (TPSA) is 147 Å². The van der Waals surface area contributed by atoms with Crippen LogP contribution >= 0.6 is 7.60 Å². The van der Waals surface area contributed by atoms with E-state index in [1.807, 2.05) is 6.92 Å². The largest absolute Gasteiger partial charge is 0.417 e. The van der Waals surface area contributed by atoms with Gasteiger partial charge in [0.25, 0.3) is 5.91 Å². The molecule has 2 amide bonds. The molecule has 46 heavy (non-hydrogen) atoms. The first-order chi connectivity index (χ1) is 21.9. The quantitative estimate of drug-likeness (QED) is 0.110. The number of rotatable bonds is 11. The summed E-state index contributed by atoms with van der Waals surface area (Å²) in [6.45, 7) is 3.22. The zero-order valence-corrected chi connectivity index (χ0v) is 25.9. The number of pyridine rings is 1. The average molecular weight is 663 g/mol. The highest BCUT2D eigenvalue weighted by molar-refractivity contribution is 7.52. The monoisotopic (exact) mass is 662 g/mol. The number of hydrogen-bond acceptors (Lipinski definition) is 8. The van der Waals surface area contributed by atoms with Crippen molar-refractivity contribution in [3.8, 4) is 22.4 Å². The molecule has 0 aliphatic carbocycles. The summed E-state index contributed by atoms with van der Waals surface area (Å²) >= 11 is 0. The van der Waals surface area contributed by atoms with Crippen molar-refractivity contribution in [1.29, 1.82) is 0 Å². The maximum Gasteiger partial charge on any atom is 0.417 e. The maximum absolute atomic E-state index is 13.6. The lowest BCUT2D eigenvalue weighted by atomic mass is 10.0. The second-order valence-corrected chi connectivity index (χ2v) is 12.4. The Hall–Kier alpha value is -4.10. The lowest BCUT2D eigenvalue weighted by Gasteiger charge is -2.27. The molecule has 2 unspecified atom stereocenters. The van der Waals surface area contributed by atoms with Crippen molar-refractivity contribution in [3.63, 3.8) is 0 Å². The Labute approximate surface area is 263 Å². The third-order valence-corrected chi connectivity index (χ3v) is 8.42. The molecule has 246 valence electrons. The molecule has 15 heteroatoms. The summed E-state index contributed by atoms with van der Waals surface area (Å²) in [7, 11) is -4.47. The van der Waals surface area contributed by atoms with Crippen molar-refractivity contribution in [3.05, 3.63) is 78.0 Å². The number of carbonyl (C=O) groups is 3. The Morgan fingerprint density at radius 1 is 1.02 bits per heavy atom. The van der Waals surface area contributed by atoms with E-state index in [9.17, 15) is 37.0 Å². The molecule has 2 atom stereocenters. The number of alkyl halides is 3. The number of unbranched alkanes of at least 4 members (excludes halogenated alkanes) is 1. The fourth-order valence-electron chi connectivity index (χ4n) is 4.56. The first-order valence-electron chi connectivity index (χ1n) is 14.6. The van der Waals surface area contributed by atoms with Crippen LogP contribution in [0, 0.1) is 0 Å². The number of amides is 2. The zero-order chi connectivity index (χ0) is 33.3. The van der Waals surface area contributed by atoms with Crippen LogP contribution in [-0.4, -0.2) is 77.7 Å². The van der Waals surface area contributed by atoms with E-state index >= 15 is 0 Å². The number of nitrogens with one attached hydrogen (secondary N) is 2. The number of piperazine rings is 1. The van der Waals surface area contributed by atoms with Crippen molar-refractivity contribution in [2.75, 3.05) is 38.9 Å². The highest BCUT2D eigenvalue weighted by Crippen LogP contribution is 2.43. The number of ether oxygens (including phenoxy) is 1. The molecule has 3 N–H and O–H groups in total. The van der Waals surface area contributed by atoms with Gasteiger partial charge in [0.2, 0.25) is 0 Å². The number of benzene rings is 2. The maximum atomic E-state index is 13.6. The van der Waals surface area contributed by atoms with Gasteiger partial charge in [0.05, 0.1) is 24.0 Å². The van der Waals surface area contributed by atoms with E-state index in [-0.39, 0.29) is 36.6 Å². The average Bonchev–Trinajstić information content (AvgIpc) is 3.04. The Bertz CT molecular complexity index is 1580. The van der Waals surface area contributed by atoms with Crippen LogP contribution in [0.15, 0.2) is 66.7 Å². The van der Waals surface area contributed by atoms with Crippen LogP contribution in [0.3, 0.4) is 0 Å². The minimum atomic E-state index is -4.62. The van der Waals surface area contributed by atoms with Crippen molar-refractivity contribution < 1.29 is 46.3 Å². The van der Waals surface area contributed by atoms with Crippen molar-refractivity contribution in [2.24, 2.45) is 0 Å². The molecule has 1 aromatic heterocycles. The SMILES string of the molecule is CCCCOP(=O)(O)CC(NC(=O)c1cc(-c2ccccc2)cc(-c2cccc(C(F)(F)F)c2)n1)C(=O)OC(=O)N1CCNCC1. The molecule has 2 heterocycles. The molecule has 1 saturated heterocycles. The number of hydrogen-bond donors (Lipinski definition) is 3. The molecule has 2 aromatic carbocycles. The van der Waals surface area contributed by atoms with Crippen LogP contribution < -0.4 is 10.6 Å². The zero-order valence-electron chi connectivity index (χ0n) is 25.0. The summed E-state index contributed by atoms with van der Waals surface area (Å²) in [5, 5.41) is 5.38. The smallest absolute Gasteiger partial charge is 0.375 e. The van der Waals surface area contributed by atoms with Crippen LogP contribution in [0.1, 0.15) is 35.8 Å². The van der Waals surface area contributed by atoms with Crippen LogP contribution in [0.5, 0.6) is 0 Å². The van der Waals surface area contributed by atoms with Gasteiger partial charge in [-0.1, -0.05) is 55.8 Å². The minimum absolute atomic E-state index is 0.0290. The van der Waals surface area contributed by atoms with Crippen molar-refractivity contribution in [1.82, 2.24) is 20.5 Å². The molecule has 4 rings (SSSR count). The van der Waals surface area contributed by atoms with Crippen molar-refractivity contribution in [2.45, 2.75) is 32.0 Å². The minimum Gasteiger partial charge on any atom is -0.375 e. The molecule has 3 aromatic rings. The highest BCUT2D eigenvalue weighted by Gasteiger charge is 2.35. The van der Waals surface area contributed by atoms with E-state index in [1.54, 1.807) is 30.3 Å². The summed E-state index contributed by atoms with van der Waals surface area (Å²) in [5.41, 5.74) is -0.0723. The normalized spacial score (nSPS) is 15.5. The fraction of sp³-hybridized carbons (Fsp3) is 0.355. The summed E-state index contributed by atoms with van der Waals surface area (Å²) < 4.78 is 63.4. The third kappa shape index (κ3) is 9.70. The molecule has 11 nitrogen and oxygen atoms in total. The van der Waals surface area contributed by atoms with E-state index < -0.39 is 49.5 Å². The molecule has 0 radical (unpaired) electrons. The number of esters is 1. The molecule has 1 aliphatic rings. The van der Waals surface area contributed by atoms with Gasteiger partial charge in [-0.05, 0) is 41.8 Å². The third-order valence-electron chi connectivity index (χ3n) is 7.01. The standard InChI is InChI=1S/C31H34F3N4O7P/c1-2-3-16-44-46(42,43)20-27(29(40)45-30(41)38-14-12-35-13-15-38)37-28(39)26-19-23(21-8-5-4-6-9-21)18-25(36-26)22-10-7-11-24(17-22)31(32,33)34/h4-11,17-19,27,35H,2-3,12-16,20H2,1H3,(H,37,39)(H,42,43). The Morgan fingerprint density at radius 2 is 1.72 bits per heavy atom. The summed E-state index contributed by atoms with van der Waals surface area (Å²) in [6.07, 6.45) is -5.39. The highest BCUT2D eigenvalue weighted by atomic mass is 31.2. The van der Waals surface area contributed by atoms with Gasteiger partial charge < -0.3 is 29.7 Å².